The molecule has 0 aromatic heterocycles. The van der Waals surface area contributed by atoms with Crippen molar-refractivity contribution >= 4 is 33.4 Å². The van der Waals surface area contributed by atoms with Gasteiger partial charge in [0.25, 0.3) is 0 Å². The van der Waals surface area contributed by atoms with E-state index in [0.29, 0.717) is 24.4 Å². The predicted octanol–water partition coefficient (Wildman–Crippen LogP) is 2.17. The maximum Gasteiger partial charge on any atom is 0.243 e. The highest BCUT2D eigenvalue weighted by atomic mass is 35.5. The van der Waals surface area contributed by atoms with Crippen LogP contribution in [0.2, 0.25) is 5.02 Å². The number of nitrogens with zero attached hydrogens (tertiary/aromatic N) is 1. The first-order chi connectivity index (χ1) is 14.4. The number of carbonyl (C=O) groups excluding carboxylic acids is 2. The Morgan fingerprint density at radius 1 is 1.03 bits per heavy atom. The van der Waals surface area contributed by atoms with Gasteiger partial charge >= 0.3 is 0 Å². The van der Waals surface area contributed by atoms with E-state index >= 15 is 0 Å². The Labute approximate surface area is 181 Å². The van der Waals surface area contributed by atoms with Crippen LogP contribution in [0.1, 0.15) is 18.4 Å². The van der Waals surface area contributed by atoms with Gasteiger partial charge in [0.15, 0.2) is 0 Å². The Balaban J connectivity index is 1.50. The molecule has 2 aromatic carbocycles. The van der Waals surface area contributed by atoms with Crippen LogP contribution < -0.4 is 10.6 Å². The number of sulfonamides is 1. The molecule has 0 bridgehead atoms. The van der Waals surface area contributed by atoms with Crippen molar-refractivity contribution in [2.24, 2.45) is 5.92 Å². The summed E-state index contributed by atoms with van der Waals surface area (Å²) in [5.41, 5.74) is 0.785. The van der Waals surface area contributed by atoms with Crippen molar-refractivity contribution in [3.63, 3.8) is 0 Å². The fourth-order valence-electron chi connectivity index (χ4n) is 3.33. The normalized spacial score (nSPS) is 17.3. The quantitative estimate of drug-likeness (QED) is 0.677. The molecule has 0 saturated carbocycles. The zero-order valence-corrected chi connectivity index (χ0v) is 18.0. The van der Waals surface area contributed by atoms with Crippen LogP contribution in [-0.2, 0) is 26.2 Å². The number of piperidine rings is 1. The summed E-state index contributed by atoms with van der Waals surface area (Å²) < 4.78 is 26.9. The van der Waals surface area contributed by atoms with Crippen molar-refractivity contribution < 1.29 is 18.0 Å². The van der Waals surface area contributed by atoms with E-state index in [1.807, 2.05) is 12.1 Å². The first-order valence-electron chi connectivity index (χ1n) is 9.71. The topological polar surface area (TPSA) is 95.6 Å². The van der Waals surface area contributed by atoms with Crippen molar-refractivity contribution in [1.82, 2.24) is 14.9 Å². The summed E-state index contributed by atoms with van der Waals surface area (Å²) in [6.45, 7) is 0.565. The second kappa shape index (κ2) is 10.1. The number of rotatable bonds is 7. The molecule has 0 unspecified atom stereocenters. The molecule has 0 spiro atoms. The van der Waals surface area contributed by atoms with E-state index in [0.717, 1.165) is 5.56 Å². The monoisotopic (exact) mass is 449 g/mol. The Morgan fingerprint density at radius 3 is 2.47 bits per heavy atom. The molecule has 2 amide bonds. The van der Waals surface area contributed by atoms with Crippen molar-refractivity contribution in [3.05, 3.63) is 65.2 Å². The van der Waals surface area contributed by atoms with Gasteiger partial charge in [-0.2, -0.15) is 4.31 Å². The van der Waals surface area contributed by atoms with Gasteiger partial charge < -0.3 is 10.6 Å². The van der Waals surface area contributed by atoms with E-state index in [1.165, 1.54) is 4.31 Å². The largest absolute Gasteiger partial charge is 0.350 e. The summed E-state index contributed by atoms with van der Waals surface area (Å²) in [5.74, 6) is -1.16. The highest BCUT2D eigenvalue weighted by molar-refractivity contribution is 7.89. The molecule has 160 valence electrons. The molecule has 0 aliphatic carbocycles. The summed E-state index contributed by atoms with van der Waals surface area (Å²) in [4.78, 5) is 24.8. The number of hydrogen-bond donors (Lipinski definition) is 2. The summed E-state index contributed by atoms with van der Waals surface area (Å²) in [5, 5.41) is 5.88. The molecule has 1 aliphatic rings. The smallest absolute Gasteiger partial charge is 0.243 e. The Kier molecular flexibility index (Phi) is 7.47. The maximum atomic E-state index is 12.8. The fourth-order valence-corrected chi connectivity index (χ4v) is 5.07. The number of nitrogens with one attached hydrogen (secondary N) is 2. The molecule has 0 radical (unpaired) electrons. The first kappa shape index (κ1) is 22.3. The van der Waals surface area contributed by atoms with Crippen molar-refractivity contribution in [1.29, 1.82) is 0 Å². The number of benzene rings is 2. The van der Waals surface area contributed by atoms with Gasteiger partial charge in [0.2, 0.25) is 21.8 Å². The van der Waals surface area contributed by atoms with Crippen LogP contribution in [0.5, 0.6) is 0 Å². The molecule has 1 fully saturated rings. The highest BCUT2D eigenvalue weighted by Gasteiger charge is 2.33. The Morgan fingerprint density at radius 2 is 1.73 bits per heavy atom. The molecule has 1 aliphatic heterocycles. The lowest BCUT2D eigenvalue weighted by Gasteiger charge is -2.31. The Hall–Kier alpha value is -2.42. The number of carbonyl (C=O) groups is 2. The van der Waals surface area contributed by atoms with Gasteiger partial charge in [-0.15, -0.1) is 0 Å². The third kappa shape index (κ3) is 5.59. The van der Waals surface area contributed by atoms with Crippen LogP contribution in [-0.4, -0.2) is 44.2 Å². The molecule has 3 rings (SSSR count). The molecular formula is C21H24ClN3O4S. The minimum absolute atomic E-state index is 0.101. The molecule has 7 nitrogen and oxygen atoms in total. The predicted molar refractivity (Wildman–Crippen MR) is 114 cm³/mol. The molecule has 30 heavy (non-hydrogen) atoms. The summed E-state index contributed by atoms with van der Waals surface area (Å²) in [7, 11) is -3.64. The molecule has 2 N–H and O–H groups in total. The zero-order chi connectivity index (χ0) is 21.6. The molecule has 1 saturated heterocycles. The second-order valence-corrected chi connectivity index (χ2v) is 9.45. The van der Waals surface area contributed by atoms with Gasteiger partial charge in [0.05, 0.1) is 17.4 Å². The summed E-state index contributed by atoms with van der Waals surface area (Å²) >= 11 is 6.06. The van der Waals surface area contributed by atoms with E-state index in [-0.39, 0.29) is 36.3 Å². The van der Waals surface area contributed by atoms with Gasteiger partial charge in [-0.3, -0.25) is 9.59 Å². The third-order valence-corrected chi connectivity index (χ3v) is 7.24. The molecule has 2 aromatic rings. The second-order valence-electron chi connectivity index (χ2n) is 7.10. The maximum absolute atomic E-state index is 12.8. The van der Waals surface area contributed by atoms with Crippen LogP contribution in [0, 0.1) is 5.92 Å². The number of amides is 2. The lowest BCUT2D eigenvalue weighted by molar-refractivity contribution is -0.129. The van der Waals surface area contributed by atoms with E-state index in [2.05, 4.69) is 10.6 Å². The highest BCUT2D eigenvalue weighted by Crippen LogP contribution is 2.23. The van der Waals surface area contributed by atoms with Gasteiger partial charge in [-0.05, 0) is 36.6 Å². The first-order valence-corrected chi connectivity index (χ1v) is 11.5. The zero-order valence-electron chi connectivity index (χ0n) is 16.4. The third-order valence-electron chi connectivity index (χ3n) is 4.99. The van der Waals surface area contributed by atoms with E-state index in [9.17, 15) is 18.0 Å². The molecular weight excluding hydrogens is 426 g/mol. The van der Waals surface area contributed by atoms with E-state index < -0.39 is 15.9 Å². The SMILES string of the molecule is O=C(CNC(=O)[C@@H]1CCCN(S(=O)(=O)c2ccccc2)C1)NCc1ccccc1Cl. The summed E-state index contributed by atoms with van der Waals surface area (Å²) in [6.07, 6.45) is 1.16. The minimum atomic E-state index is -3.64. The average molecular weight is 450 g/mol. The van der Waals surface area contributed by atoms with Crippen LogP contribution in [0.25, 0.3) is 0 Å². The summed E-state index contributed by atoms with van der Waals surface area (Å²) in [6, 6.07) is 15.4. The Bertz CT molecular complexity index is 998. The van der Waals surface area contributed by atoms with Crippen molar-refractivity contribution in [2.45, 2.75) is 24.3 Å². The standard InChI is InChI=1S/C21H24ClN3O4S/c22-19-11-5-4-7-16(19)13-23-20(26)14-24-21(27)17-8-6-12-25(15-17)30(28,29)18-9-2-1-3-10-18/h1-5,7,9-11,17H,6,8,12-15H2,(H,23,26)(H,24,27)/t17-/m1/s1. The van der Waals surface area contributed by atoms with Gasteiger partial charge in [-0.1, -0.05) is 48.0 Å². The van der Waals surface area contributed by atoms with Gasteiger partial charge in [-0.25, -0.2) is 8.42 Å². The van der Waals surface area contributed by atoms with Crippen molar-refractivity contribution in [3.8, 4) is 0 Å². The number of halogens is 1. The lowest BCUT2D eigenvalue weighted by Crippen LogP contribution is -2.47. The van der Waals surface area contributed by atoms with Gasteiger partial charge in [0, 0.05) is 24.7 Å². The van der Waals surface area contributed by atoms with Gasteiger partial charge in [0.1, 0.15) is 0 Å². The van der Waals surface area contributed by atoms with Crippen molar-refractivity contribution in [2.75, 3.05) is 19.6 Å². The van der Waals surface area contributed by atoms with Crippen LogP contribution in [0.4, 0.5) is 0 Å². The van der Waals surface area contributed by atoms with Crippen LogP contribution in [0.3, 0.4) is 0 Å². The molecule has 9 heteroatoms. The number of hydrogen-bond acceptors (Lipinski definition) is 4. The average Bonchev–Trinajstić information content (AvgIpc) is 2.77. The fraction of sp³-hybridized carbons (Fsp3) is 0.333. The molecule has 1 heterocycles. The molecule has 1 atom stereocenters. The minimum Gasteiger partial charge on any atom is -0.350 e. The van der Waals surface area contributed by atoms with Crippen LogP contribution >= 0.6 is 11.6 Å². The lowest BCUT2D eigenvalue weighted by atomic mass is 9.99. The van der Waals surface area contributed by atoms with Crippen LogP contribution in [0.15, 0.2) is 59.5 Å². The van der Waals surface area contributed by atoms with E-state index in [4.69, 9.17) is 11.6 Å². The van der Waals surface area contributed by atoms with E-state index in [1.54, 1.807) is 42.5 Å².